The van der Waals surface area contributed by atoms with Crippen LogP contribution >= 0.6 is 0 Å². The third-order valence-corrected chi connectivity index (χ3v) is 3.60. The first kappa shape index (κ1) is 9.58. The Hall–Kier alpha value is -1.64. The van der Waals surface area contributed by atoms with Crippen molar-refractivity contribution < 1.29 is 9.59 Å². The molecule has 2 aliphatic rings. The first-order chi connectivity index (χ1) is 7.72. The summed E-state index contributed by atoms with van der Waals surface area (Å²) < 4.78 is 0. The van der Waals surface area contributed by atoms with Gasteiger partial charge in [-0.3, -0.25) is 9.59 Å². The lowest BCUT2D eigenvalue weighted by molar-refractivity contribution is -0.134. The van der Waals surface area contributed by atoms with E-state index in [2.05, 4.69) is 4.90 Å². The highest BCUT2D eigenvalue weighted by Gasteiger charge is 2.52. The van der Waals surface area contributed by atoms with Crippen molar-refractivity contribution in [2.75, 3.05) is 18.0 Å². The molecule has 0 unspecified atom stereocenters. The average molecular weight is 215 g/mol. The Morgan fingerprint density at radius 2 is 1.88 bits per heavy atom. The number of para-hydroxylation sites is 1. The molecule has 2 fully saturated rings. The summed E-state index contributed by atoms with van der Waals surface area (Å²) in [6.45, 7) is 1.84. The van der Waals surface area contributed by atoms with Gasteiger partial charge in [-0.1, -0.05) is 12.1 Å². The Morgan fingerprint density at radius 3 is 2.50 bits per heavy atom. The second-order valence-corrected chi connectivity index (χ2v) is 4.92. The molecule has 0 bridgehead atoms. The number of carbonyl (C=O) groups is 2. The molecular formula is C13H13NO2. The Labute approximate surface area is 94.1 Å². The normalized spacial score (nSPS) is 21.5. The fourth-order valence-electron chi connectivity index (χ4n) is 2.82. The van der Waals surface area contributed by atoms with Crippen molar-refractivity contribution in [1.82, 2.24) is 0 Å². The second-order valence-electron chi connectivity index (χ2n) is 4.92. The minimum Gasteiger partial charge on any atom is -0.370 e. The number of carbonyl (C=O) groups excluding carboxylic acids is 2. The summed E-state index contributed by atoms with van der Waals surface area (Å²) in [5, 5.41) is 0. The summed E-state index contributed by atoms with van der Waals surface area (Å²) in [6, 6.07) is 7.62. The van der Waals surface area contributed by atoms with E-state index in [0.29, 0.717) is 5.78 Å². The van der Waals surface area contributed by atoms with Crippen molar-refractivity contribution in [2.45, 2.75) is 12.8 Å². The molecule has 1 aromatic carbocycles. The summed E-state index contributed by atoms with van der Waals surface area (Å²) in [7, 11) is 0. The summed E-state index contributed by atoms with van der Waals surface area (Å²) in [5.74, 6) is 0.378. The topological polar surface area (TPSA) is 37.4 Å². The van der Waals surface area contributed by atoms with Crippen molar-refractivity contribution in [3.8, 4) is 0 Å². The molecule has 1 spiro atoms. The molecule has 1 aliphatic heterocycles. The van der Waals surface area contributed by atoms with Crippen molar-refractivity contribution in [3.63, 3.8) is 0 Å². The van der Waals surface area contributed by atoms with E-state index in [4.69, 9.17) is 0 Å². The van der Waals surface area contributed by atoms with Crippen LogP contribution in [0.1, 0.15) is 23.2 Å². The summed E-state index contributed by atoms with van der Waals surface area (Å²) in [5.41, 5.74) is 1.98. The van der Waals surface area contributed by atoms with E-state index in [9.17, 15) is 9.59 Å². The van der Waals surface area contributed by atoms with Gasteiger partial charge in [0.1, 0.15) is 5.78 Å². The number of nitrogens with zero attached hydrogens (tertiary/aromatic N) is 1. The van der Waals surface area contributed by atoms with Gasteiger partial charge in [-0.2, -0.15) is 0 Å². The van der Waals surface area contributed by atoms with E-state index in [0.717, 1.165) is 43.5 Å². The molecule has 0 atom stereocenters. The molecule has 1 aromatic rings. The molecule has 1 saturated heterocycles. The smallest absolute Gasteiger partial charge is 0.152 e. The van der Waals surface area contributed by atoms with Crippen LogP contribution in [0, 0.1) is 5.41 Å². The van der Waals surface area contributed by atoms with Crippen LogP contribution in [-0.4, -0.2) is 25.2 Å². The zero-order valence-electron chi connectivity index (χ0n) is 8.98. The number of hydrogen-bond acceptors (Lipinski definition) is 3. The van der Waals surface area contributed by atoms with Gasteiger partial charge in [-0.25, -0.2) is 0 Å². The maximum absolute atomic E-state index is 11.0. The molecule has 3 nitrogen and oxygen atoms in total. The van der Waals surface area contributed by atoms with Gasteiger partial charge in [0.05, 0.1) is 0 Å². The predicted molar refractivity (Wildman–Crippen MR) is 60.7 cm³/mol. The minimum absolute atomic E-state index is 0.243. The first-order valence-electron chi connectivity index (χ1n) is 5.53. The third kappa shape index (κ3) is 1.28. The zero-order valence-corrected chi connectivity index (χ0v) is 8.98. The molecule has 0 N–H and O–H groups in total. The van der Waals surface area contributed by atoms with Crippen LogP contribution in [0.3, 0.4) is 0 Å². The highest BCUT2D eigenvalue weighted by Crippen LogP contribution is 2.47. The van der Waals surface area contributed by atoms with Gasteiger partial charge in [0.25, 0.3) is 0 Å². The van der Waals surface area contributed by atoms with Crippen LogP contribution < -0.4 is 4.90 Å². The van der Waals surface area contributed by atoms with Gasteiger partial charge in [0, 0.05) is 42.6 Å². The largest absolute Gasteiger partial charge is 0.370 e. The van der Waals surface area contributed by atoms with Crippen molar-refractivity contribution in [1.29, 1.82) is 0 Å². The molecular weight excluding hydrogens is 202 g/mol. The number of Topliss-reactive ketones (excluding diaryl/α,β-unsaturated/α-hetero) is 1. The van der Waals surface area contributed by atoms with Crippen LogP contribution in [0.15, 0.2) is 24.3 Å². The average Bonchev–Trinajstić information content (AvgIpc) is 2.21. The van der Waals surface area contributed by atoms with E-state index in [1.54, 1.807) is 0 Å². The molecule has 1 saturated carbocycles. The van der Waals surface area contributed by atoms with Crippen LogP contribution in [0.2, 0.25) is 0 Å². The highest BCUT2D eigenvalue weighted by molar-refractivity contribution is 5.89. The number of hydrogen-bond donors (Lipinski definition) is 0. The van der Waals surface area contributed by atoms with E-state index in [-0.39, 0.29) is 5.41 Å². The Bertz CT molecular complexity index is 451. The third-order valence-electron chi connectivity index (χ3n) is 3.60. The van der Waals surface area contributed by atoms with Crippen molar-refractivity contribution in [3.05, 3.63) is 29.8 Å². The van der Waals surface area contributed by atoms with Crippen LogP contribution in [0.5, 0.6) is 0 Å². The van der Waals surface area contributed by atoms with E-state index >= 15 is 0 Å². The van der Waals surface area contributed by atoms with E-state index in [1.807, 2.05) is 24.3 Å². The lowest BCUT2D eigenvalue weighted by Crippen LogP contribution is -2.63. The van der Waals surface area contributed by atoms with Crippen LogP contribution in [-0.2, 0) is 4.79 Å². The fraction of sp³-hybridized carbons (Fsp3) is 0.385. The quantitative estimate of drug-likeness (QED) is 0.704. The maximum Gasteiger partial charge on any atom is 0.152 e. The SMILES string of the molecule is O=Cc1ccccc1N1CC2(CC(=O)C2)C1. The van der Waals surface area contributed by atoms with Gasteiger partial charge in [-0.15, -0.1) is 0 Å². The minimum atomic E-state index is 0.243. The Kier molecular flexibility index (Phi) is 1.90. The van der Waals surface area contributed by atoms with Gasteiger partial charge in [0.15, 0.2) is 6.29 Å². The number of rotatable bonds is 2. The molecule has 16 heavy (non-hydrogen) atoms. The summed E-state index contributed by atoms with van der Waals surface area (Å²) in [4.78, 5) is 24.1. The first-order valence-corrected chi connectivity index (χ1v) is 5.53. The molecule has 3 heteroatoms. The molecule has 0 radical (unpaired) electrons. The van der Waals surface area contributed by atoms with E-state index < -0.39 is 0 Å². The van der Waals surface area contributed by atoms with E-state index in [1.165, 1.54) is 0 Å². The van der Waals surface area contributed by atoms with Gasteiger partial charge in [0.2, 0.25) is 0 Å². The number of benzene rings is 1. The lowest BCUT2D eigenvalue weighted by atomic mass is 9.62. The van der Waals surface area contributed by atoms with Crippen LogP contribution in [0.25, 0.3) is 0 Å². The molecule has 0 amide bonds. The fourth-order valence-corrected chi connectivity index (χ4v) is 2.82. The Morgan fingerprint density at radius 1 is 1.19 bits per heavy atom. The number of aldehydes is 1. The van der Waals surface area contributed by atoms with Gasteiger partial charge >= 0.3 is 0 Å². The Balaban J connectivity index is 1.76. The summed E-state index contributed by atoms with van der Waals surface area (Å²) >= 11 is 0. The monoisotopic (exact) mass is 215 g/mol. The predicted octanol–water partition coefficient (Wildman–Crippen LogP) is 1.67. The van der Waals surface area contributed by atoms with Gasteiger partial charge in [-0.05, 0) is 12.1 Å². The highest BCUT2D eigenvalue weighted by atomic mass is 16.1. The van der Waals surface area contributed by atoms with Gasteiger partial charge < -0.3 is 4.90 Å². The van der Waals surface area contributed by atoms with Crippen molar-refractivity contribution in [2.24, 2.45) is 5.41 Å². The zero-order chi connectivity index (χ0) is 11.2. The number of anilines is 1. The molecule has 1 aliphatic carbocycles. The van der Waals surface area contributed by atoms with Crippen LogP contribution in [0.4, 0.5) is 5.69 Å². The maximum atomic E-state index is 11.0. The molecule has 82 valence electrons. The lowest BCUT2D eigenvalue weighted by Gasteiger charge is -2.56. The molecule has 3 rings (SSSR count). The standard InChI is InChI=1S/C13H13NO2/c15-7-10-3-1-2-4-12(10)14-8-13(9-14)5-11(16)6-13/h1-4,7H,5-6,8-9H2. The summed E-state index contributed by atoms with van der Waals surface area (Å²) in [6.07, 6.45) is 2.35. The number of ketones is 1. The molecule has 0 aromatic heterocycles. The molecule has 1 heterocycles. The second kappa shape index (κ2) is 3.17. The van der Waals surface area contributed by atoms with Crippen molar-refractivity contribution >= 4 is 17.8 Å².